The lowest BCUT2D eigenvalue weighted by Crippen LogP contribution is -2.19. The molecule has 0 atom stereocenters. The van der Waals surface area contributed by atoms with Gasteiger partial charge in [-0.2, -0.15) is 0 Å². The van der Waals surface area contributed by atoms with Crippen molar-refractivity contribution in [3.8, 4) is 23.0 Å². The van der Waals surface area contributed by atoms with Gasteiger partial charge in [0.05, 0.1) is 27.3 Å². The van der Waals surface area contributed by atoms with E-state index < -0.39 is 17.7 Å². The number of methoxy groups -OCH3 is 2. The average molecular weight is 555 g/mol. The Bertz CT molecular complexity index is 1180. The first-order valence-electron chi connectivity index (χ1n) is 10.3. The van der Waals surface area contributed by atoms with Crippen LogP contribution in [0.5, 0.6) is 23.0 Å². The Hall–Kier alpha value is -3.83. The largest absolute Gasteiger partial charge is 0.508 e. The van der Waals surface area contributed by atoms with Crippen LogP contribution < -0.4 is 30.4 Å². The molecule has 0 aromatic heterocycles. The zero-order chi connectivity index (χ0) is 25.8. The highest BCUT2D eigenvalue weighted by Crippen LogP contribution is 2.29. The second-order valence-electron chi connectivity index (χ2n) is 6.82. The number of esters is 2. The summed E-state index contributed by atoms with van der Waals surface area (Å²) in [6.07, 6.45) is 6.69. The van der Waals surface area contributed by atoms with Crippen molar-refractivity contribution in [1.29, 1.82) is 0 Å². The minimum absolute atomic E-state index is 0. The van der Waals surface area contributed by atoms with E-state index in [1.165, 1.54) is 44.6 Å². The third-order valence-corrected chi connectivity index (χ3v) is 4.33. The van der Waals surface area contributed by atoms with Gasteiger partial charge < -0.3 is 35.5 Å². The van der Waals surface area contributed by atoms with Gasteiger partial charge in [-0.3, -0.25) is 14.4 Å². The van der Waals surface area contributed by atoms with E-state index in [4.69, 9.17) is 30.4 Å². The van der Waals surface area contributed by atoms with Gasteiger partial charge in [0.2, 0.25) is 0 Å². The molecule has 0 spiro atoms. The highest BCUT2D eigenvalue weighted by molar-refractivity contribution is 6.02. The molecular weight excluding hydrogens is 527 g/mol. The summed E-state index contributed by atoms with van der Waals surface area (Å²) < 4.78 is 20.5. The summed E-state index contributed by atoms with van der Waals surface area (Å²) in [6.45, 7) is -0.540. The van der Waals surface area contributed by atoms with E-state index in [1.54, 1.807) is 30.3 Å². The molecule has 0 unspecified atom stereocenters. The van der Waals surface area contributed by atoms with E-state index in [2.05, 4.69) is 0 Å². The summed E-state index contributed by atoms with van der Waals surface area (Å²) in [7, 11) is 2.83. The lowest BCUT2D eigenvalue weighted by molar-refractivity contribution is -0.133. The number of allylic oxidation sites excluding steroid dienone is 3. The topological polar surface area (TPSA) is 160 Å². The van der Waals surface area contributed by atoms with Crippen molar-refractivity contribution in [2.24, 2.45) is 11.5 Å². The normalized spacial score (nSPS) is 10.9. The lowest BCUT2D eigenvalue weighted by Gasteiger charge is -2.09. The molecule has 200 valence electrons. The first kappa shape index (κ1) is 33.2. The molecule has 0 aliphatic carbocycles. The van der Waals surface area contributed by atoms with Crippen LogP contribution in [0.1, 0.15) is 11.1 Å². The number of hydrogen-bond donors (Lipinski definition) is 3. The molecule has 0 saturated carbocycles. The van der Waals surface area contributed by atoms with E-state index in [1.807, 2.05) is 0 Å². The summed E-state index contributed by atoms with van der Waals surface area (Å²) in [5.74, 6) is -0.954. The summed E-state index contributed by atoms with van der Waals surface area (Å²) >= 11 is 0. The highest BCUT2D eigenvalue weighted by atomic mass is 35.5. The van der Waals surface area contributed by atoms with Gasteiger partial charge in [0.1, 0.15) is 5.76 Å². The number of carbonyl (C=O) groups excluding carboxylic acids is 3. The van der Waals surface area contributed by atoms with Gasteiger partial charge >= 0.3 is 11.9 Å². The Morgan fingerprint density at radius 3 is 1.59 bits per heavy atom. The molecule has 2 aromatic carbocycles. The molecular formula is C25H28Cl2N2O8. The van der Waals surface area contributed by atoms with Gasteiger partial charge in [0.25, 0.3) is 0 Å². The van der Waals surface area contributed by atoms with Crippen molar-refractivity contribution in [2.75, 3.05) is 27.3 Å². The highest BCUT2D eigenvalue weighted by Gasteiger charge is 2.10. The van der Waals surface area contributed by atoms with Crippen molar-refractivity contribution in [1.82, 2.24) is 0 Å². The van der Waals surface area contributed by atoms with Crippen LogP contribution in [0.2, 0.25) is 0 Å². The van der Waals surface area contributed by atoms with Crippen molar-refractivity contribution >= 4 is 54.7 Å². The van der Waals surface area contributed by atoms with E-state index in [0.717, 1.165) is 6.08 Å². The van der Waals surface area contributed by atoms with Crippen LogP contribution in [-0.4, -0.2) is 50.1 Å². The number of ether oxygens (including phenoxy) is 4. The quantitative estimate of drug-likeness (QED) is 0.124. The smallest absolute Gasteiger partial charge is 0.325 e. The van der Waals surface area contributed by atoms with Crippen LogP contribution >= 0.6 is 24.8 Å². The molecule has 0 amide bonds. The van der Waals surface area contributed by atoms with Gasteiger partial charge in [-0.1, -0.05) is 24.3 Å². The third kappa shape index (κ3) is 10.8. The Balaban J connectivity index is 0.00000648. The predicted octanol–water partition coefficient (Wildman–Crippen LogP) is 3.01. The maximum absolute atomic E-state index is 12.2. The molecule has 2 rings (SSSR count). The second-order valence-corrected chi connectivity index (χ2v) is 6.82. The fourth-order valence-electron chi connectivity index (χ4n) is 2.67. The Morgan fingerprint density at radius 1 is 0.757 bits per heavy atom. The summed E-state index contributed by atoms with van der Waals surface area (Å²) in [6, 6.07) is 9.47. The number of hydrogen-bond acceptors (Lipinski definition) is 10. The van der Waals surface area contributed by atoms with E-state index in [9.17, 15) is 19.5 Å². The average Bonchev–Trinajstić information content (AvgIpc) is 2.87. The van der Waals surface area contributed by atoms with Crippen molar-refractivity contribution in [3.05, 3.63) is 71.5 Å². The molecule has 2 aromatic rings. The number of rotatable bonds is 11. The van der Waals surface area contributed by atoms with Crippen LogP contribution in [-0.2, 0) is 14.4 Å². The number of ketones is 1. The Labute approximate surface area is 226 Å². The lowest BCUT2D eigenvalue weighted by atomic mass is 10.1. The number of nitrogens with two attached hydrogens (primary N) is 2. The molecule has 10 nitrogen and oxygen atoms in total. The number of carbonyl (C=O) groups is 3. The molecule has 0 heterocycles. The molecule has 12 heteroatoms. The minimum Gasteiger partial charge on any atom is -0.508 e. The standard InChI is InChI=1S/C25H26N2O8.2ClH/c1-32-22-11-16(5-9-20(22)34-24(30)14-26)3-7-18(28)13-19(29)8-4-17-6-10-21(23(12-17)33-2)35-25(31)15-27;;/h3-13,28H,14-15,26-27H2,1-2H3;2*1H/b7-3+,8-4+,18-13-;;. The maximum Gasteiger partial charge on any atom is 0.325 e. The summed E-state index contributed by atoms with van der Waals surface area (Å²) in [4.78, 5) is 34.9. The van der Waals surface area contributed by atoms with Crippen LogP contribution in [0, 0.1) is 0 Å². The molecule has 37 heavy (non-hydrogen) atoms. The number of halogens is 2. The SMILES string of the molecule is COc1cc(/C=C/C(=O)/C=C(O)/C=C/c2ccc(OC(=O)CN)c(OC)c2)ccc1OC(=O)CN.Cl.Cl. The monoisotopic (exact) mass is 554 g/mol. The summed E-state index contributed by atoms with van der Waals surface area (Å²) in [5, 5.41) is 10.1. The maximum atomic E-state index is 12.2. The molecule has 0 saturated heterocycles. The zero-order valence-electron chi connectivity index (χ0n) is 20.0. The molecule has 0 radical (unpaired) electrons. The van der Waals surface area contributed by atoms with Crippen LogP contribution in [0.25, 0.3) is 12.2 Å². The molecule has 0 aliphatic heterocycles. The number of aliphatic hydroxyl groups is 1. The summed E-state index contributed by atoms with van der Waals surface area (Å²) in [5.41, 5.74) is 11.7. The Kier molecular flexibility index (Phi) is 15.0. The van der Waals surface area contributed by atoms with E-state index in [-0.39, 0.29) is 55.2 Å². The molecule has 0 aliphatic rings. The number of benzene rings is 2. The van der Waals surface area contributed by atoms with Gasteiger partial charge in [-0.05, 0) is 47.5 Å². The van der Waals surface area contributed by atoms with E-state index in [0.29, 0.717) is 22.6 Å². The predicted molar refractivity (Wildman–Crippen MR) is 144 cm³/mol. The second kappa shape index (κ2) is 16.8. The third-order valence-electron chi connectivity index (χ3n) is 4.33. The Morgan fingerprint density at radius 2 is 1.19 bits per heavy atom. The first-order valence-corrected chi connectivity index (χ1v) is 10.3. The molecule has 5 N–H and O–H groups in total. The fourth-order valence-corrected chi connectivity index (χ4v) is 2.67. The van der Waals surface area contributed by atoms with E-state index >= 15 is 0 Å². The van der Waals surface area contributed by atoms with Gasteiger partial charge in [-0.25, -0.2) is 0 Å². The van der Waals surface area contributed by atoms with Crippen molar-refractivity contribution in [2.45, 2.75) is 0 Å². The van der Waals surface area contributed by atoms with Gasteiger partial charge in [0, 0.05) is 6.08 Å². The van der Waals surface area contributed by atoms with Crippen LogP contribution in [0.15, 0.2) is 60.4 Å². The first-order chi connectivity index (χ1) is 16.8. The fraction of sp³-hybridized carbons (Fsp3) is 0.160. The number of aliphatic hydroxyl groups excluding tert-OH is 1. The molecule has 0 fully saturated rings. The van der Waals surface area contributed by atoms with Gasteiger partial charge in [0.15, 0.2) is 28.8 Å². The zero-order valence-corrected chi connectivity index (χ0v) is 21.7. The van der Waals surface area contributed by atoms with Gasteiger partial charge in [-0.15, -0.1) is 24.8 Å². The molecule has 0 bridgehead atoms. The minimum atomic E-state index is -0.611. The van der Waals surface area contributed by atoms with Crippen molar-refractivity contribution in [3.63, 3.8) is 0 Å². The van der Waals surface area contributed by atoms with Crippen LogP contribution in [0.3, 0.4) is 0 Å². The van der Waals surface area contributed by atoms with Crippen LogP contribution in [0.4, 0.5) is 0 Å². The van der Waals surface area contributed by atoms with Crippen molar-refractivity contribution < 1.29 is 38.4 Å².